The standard InChI is InChI=1S/C9H9ClN2O7S/c10-6-2-1-5(12(16)17)3-8(6)20(18,19)11-7(4-13)9(14)15/h1-3,7,11,13H,4H2,(H,14,15)/t7-/m1/s1. The molecule has 9 nitrogen and oxygen atoms in total. The summed E-state index contributed by atoms with van der Waals surface area (Å²) in [6, 6.07) is 0.918. The first-order valence-corrected chi connectivity index (χ1v) is 6.85. The van der Waals surface area contributed by atoms with E-state index in [1.54, 1.807) is 4.72 Å². The van der Waals surface area contributed by atoms with Crippen molar-refractivity contribution in [3.8, 4) is 0 Å². The van der Waals surface area contributed by atoms with E-state index in [1.807, 2.05) is 0 Å². The third-order valence-electron chi connectivity index (χ3n) is 2.19. The van der Waals surface area contributed by atoms with E-state index in [-0.39, 0.29) is 5.02 Å². The molecule has 0 aliphatic rings. The number of rotatable bonds is 6. The van der Waals surface area contributed by atoms with Gasteiger partial charge < -0.3 is 10.2 Å². The highest BCUT2D eigenvalue weighted by Gasteiger charge is 2.27. The van der Waals surface area contributed by atoms with Crippen molar-refractivity contribution in [1.29, 1.82) is 0 Å². The Morgan fingerprint density at radius 2 is 2.10 bits per heavy atom. The van der Waals surface area contributed by atoms with Gasteiger partial charge in [0.2, 0.25) is 10.0 Å². The van der Waals surface area contributed by atoms with Crippen molar-refractivity contribution in [1.82, 2.24) is 4.72 Å². The number of aliphatic hydroxyl groups excluding tert-OH is 1. The molecule has 0 saturated heterocycles. The smallest absolute Gasteiger partial charge is 0.324 e. The van der Waals surface area contributed by atoms with Crippen molar-refractivity contribution < 1.29 is 28.3 Å². The fourth-order valence-corrected chi connectivity index (χ4v) is 2.93. The lowest BCUT2D eigenvalue weighted by Gasteiger charge is -2.12. The van der Waals surface area contributed by atoms with Gasteiger partial charge in [-0.25, -0.2) is 8.42 Å². The highest BCUT2D eigenvalue weighted by Crippen LogP contribution is 2.26. The fourth-order valence-electron chi connectivity index (χ4n) is 1.23. The number of nitro benzene ring substituents is 1. The van der Waals surface area contributed by atoms with Gasteiger partial charge in [0.15, 0.2) is 0 Å². The monoisotopic (exact) mass is 324 g/mol. The van der Waals surface area contributed by atoms with Gasteiger partial charge in [0.1, 0.15) is 10.9 Å². The maximum absolute atomic E-state index is 11.9. The molecule has 0 bridgehead atoms. The number of aliphatic hydroxyl groups is 1. The molecule has 0 spiro atoms. The lowest BCUT2D eigenvalue weighted by molar-refractivity contribution is -0.385. The van der Waals surface area contributed by atoms with E-state index in [9.17, 15) is 23.3 Å². The van der Waals surface area contributed by atoms with Gasteiger partial charge in [-0.15, -0.1) is 0 Å². The van der Waals surface area contributed by atoms with E-state index in [2.05, 4.69) is 0 Å². The molecule has 0 fully saturated rings. The first-order valence-electron chi connectivity index (χ1n) is 4.99. The van der Waals surface area contributed by atoms with Crippen molar-refractivity contribution in [2.24, 2.45) is 0 Å². The summed E-state index contributed by atoms with van der Waals surface area (Å²) in [5, 5.41) is 27.7. The van der Waals surface area contributed by atoms with Crippen LogP contribution in [0.5, 0.6) is 0 Å². The number of aliphatic carboxylic acids is 1. The van der Waals surface area contributed by atoms with Crippen LogP contribution in [0.2, 0.25) is 5.02 Å². The largest absolute Gasteiger partial charge is 0.480 e. The van der Waals surface area contributed by atoms with Crippen LogP contribution in [-0.2, 0) is 14.8 Å². The zero-order valence-corrected chi connectivity index (χ0v) is 11.3. The number of sulfonamides is 1. The number of carboxylic acids is 1. The van der Waals surface area contributed by atoms with Crippen LogP contribution < -0.4 is 4.72 Å². The van der Waals surface area contributed by atoms with Crippen molar-refractivity contribution in [3.63, 3.8) is 0 Å². The number of benzene rings is 1. The molecule has 110 valence electrons. The van der Waals surface area contributed by atoms with Crippen LogP contribution in [0.1, 0.15) is 0 Å². The van der Waals surface area contributed by atoms with Crippen molar-refractivity contribution in [3.05, 3.63) is 33.3 Å². The second kappa shape index (κ2) is 6.13. The second-order valence-electron chi connectivity index (χ2n) is 3.57. The minimum Gasteiger partial charge on any atom is -0.480 e. The molecule has 1 rings (SSSR count). The molecule has 1 atom stereocenters. The van der Waals surface area contributed by atoms with E-state index >= 15 is 0 Å². The summed E-state index contributed by atoms with van der Waals surface area (Å²) in [5.74, 6) is -1.60. The van der Waals surface area contributed by atoms with E-state index in [4.69, 9.17) is 21.8 Å². The van der Waals surface area contributed by atoms with Crippen LogP contribution in [0.3, 0.4) is 0 Å². The zero-order chi connectivity index (χ0) is 15.5. The molecule has 0 unspecified atom stereocenters. The van der Waals surface area contributed by atoms with Gasteiger partial charge in [-0.2, -0.15) is 4.72 Å². The van der Waals surface area contributed by atoms with Crippen LogP contribution in [0.4, 0.5) is 5.69 Å². The van der Waals surface area contributed by atoms with E-state index < -0.39 is 44.1 Å². The Morgan fingerprint density at radius 3 is 2.55 bits per heavy atom. The Morgan fingerprint density at radius 1 is 1.50 bits per heavy atom. The lowest BCUT2D eigenvalue weighted by atomic mass is 10.3. The molecule has 20 heavy (non-hydrogen) atoms. The Kier molecular flexibility index (Phi) is 5.00. The summed E-state index contributed by atoms with van der Waals surface area (Å²) >= 11 is 5.64. The number of nitro groups is 1. The summed E-state index contributed by atoms with van der Waals surface area (Å²) in [5.41, 5.74) is -0.523. The molecular formula is C9H9ClN2O7S. The maximum Gasteiger partial charge on any atom is 0.324 e. The van der Waals surface area contributed by atoms with Gasteiger partial charge in [-0.05, 0) is 6.07 Å². The maximum atomic E-state index is 11.9. The summed E-state index contributed by atoms with van der Waals surface area (Å²) in [7, 11) is -4.43. The molecule has 0 aromatic heterocycles. The van der Waals surface area contributed by atoms with E-state index in [1.165, 1.54) is 0 Å². The quantitative estimate of drug-likeness (QED) is 0.491. The molecule has 0 aliphatic carbocycles. The number of hydrogen-bond donors (Lipinski definition) is 3. The highest BCUT2D eigenvalue weighted by atomic mass is 35.5. The van der Waals surface area contributed by atoms with E-state index in [0.29, 0.717) is 6.07 Å². The number of carboxylic acid groups (broad SMARTS) is 1. The summed E-state index contributed by atoms with van der Waals surface area (Å²) in [6.07, 6.45) is 0. The SMILES string of the molecule is O=C(O)[C@@H](CO)NS(=O)(=O)c1cc([N+](=O)[O-])ccc1Cl. The van der Waals surface area contributed by atoms with Crippen molar-refractivity contribution in [2.45, 2.75) is 10.9 Å². The van der Waals surface area contributed by atoms with Crippen LogP contribution in [0.25, 0.3) is 0 Å². The normalized spacial score (nSPS) is 12.9. The van der Waals surface area contributed by atoms with Crippen LogP contribution in [-0.4, -0.2) is 42.2 Å². The first-order chi connectivity index (χ1) is 9.19. The zero-order valence-electron chi connectivity index (χ0n) is 9.69. The average molecular weight is 325 g/mol. The lowest BCUT2D eigenvalue weighted by Crippen LogP contribution is -2.43. The molecule has 0 radical (unpaired) electrons. The number of nitrogens with zero attached hydrogens (tertiary/aromatic N) is 1. The third-order valence-corrected chi connectivity index (χ3v) is 4.15. The van der Waals surface area contributed by atoms with Gasteiger partial charge in [0.25, 0.3) is 5.69 Å². The Labute approximate surface area is 118 Å². The minimum absolute atomic E-state index is 0.315. The minimum atomic E-state index is -4.43. The Bertz CT molecular complexity index is 646. The topological polar surface area (TPSA) is 147 Å². The third kappa shape index (κ3) is 3.63. The molecule has 11 heteroatoms. The van der Waals surface area contributed by atoms with Gasteiger partial charge in [0, 0.05) is 12.1 Å². The van der Waals surface area contributed by atoms with Crippen LogP contribution in [0.15, 0.2) is 23.1 Å². The summed E-state index contributed by atoms with van der Waals surface area (Å²) in [6.45, 7) is -0.985. The Balaban J connectivity index is 3.24. The molecule has 0 amide bonds. The number of nitrogens with one attached hydrogen (secondary N) is 1. The summed E-state index contributed by atoms with van der Waals surface area (Å²) < 4.78 is 25.5. The van der Waals surface area contributed by atoms with Gasteiger partial charge >= 0.3 is 5.97 Å². The molecule has 0 heterocycles. The average Bonchev–Trinajstić information content (AvgIpc) is 2.35. The second-order valence-corrected chi connectivity index (χ2v) is 5.66. The van der Waals surface area contributed by atoms with Gasteiger partial charge in [-0.3, -0.25) is 14.9 Å². The Hall–Kier alpha value is -1.75. The predicted molar refractivity (Wildman–Crippen MR) is 66.9 cm³/mol. The van der Waals surface area contributed by atoms with Crippen LogP contribution >= 0.6 is 11.6 Å². The highest BCUT2D eigenvalue weighted by molar-refractivity contribution is 7.89. The molecule has 1 aromatic rings. The van der Waals surface area contributed by atoms with Crippen LogP contribution in [0, 0.1) is 10.1 Å². The summed E-state index contributed by atoms with van der Waals surface area (Å²) in [4.78, 5) is 19.8. The molecule has 0 saturated carbocycles. The van der Waals surface area contributed by atoms with Crippen molar-refractivity contribution in [2.75, 3.05) is 6.61 Å². The molecular weight excluding hydrogens is 316 g/mol. The number of halogens is 1. The molecule has 3 N–H and O–H groups in total. The van der Waals surface area contributed by atoms with E-state index in [0.717, 1.165) is 12.1 Å². The molecule has 0 aliphatic heterocycles. The number of carbonyl (C=O) groups is 1. The molecule has 1 aromatic carbocycles. The van der Waals surface area contributed by atoms with Gasteiger partial charge in [-0.1, -0.05) is 11.6 Å². The first kappa shape index (κ1) is 16.3. The predicted octanol–water partition coefficient (Wildman–Crippen LogP) is -0.0280. The number of non-ortho nitro benzene ring substituents is 1. The fraction of sp³-hybridized carbons (Fsp3) is 0.222. The van der Waals surface area contributed by atoms with Gasteiger partial charge in [0.05, 0.1) is 16.6 Å². The number of hydrogen-bond acceptors (Lipinski definition) is 6. The van der Waals surface area contributed by atoms with Crippen molar-refractivity contribution >= 4 is 33.3 Å².